The second kappa shape index (κ2) is 24.8. The Morgan fingerprint density at radius 1 is 0.462 bits per heavy atom. The third kappa shape index (κ3) is 26.1. The van der Waals surface area contributed by atoms with Crippen LogP contribution in [-0.4, -0.2) is 45.8 Å². The standard InChI is InChI=1S/2C11H24O2/c2*1-2-3-4-5-6-8-11(13)9-7-10-12/h2*11-13H,2-10H2,1H3. The van der Waals surface area contributed by atoms with Gasteiger partial charge in [0.25, 0.3) is 0 Å². The Balaban J connectivity index is 0. The van der Waals surface area contributed by atoms with Gasteiger partial charge >= 0.3 is 0 Å². The van der Waals surface area contributed by atoms with Gasteiger partial charge in [-0.3, -0.25) is 0 Å². The van der Waals surface area contributed by atoms with E-state index in [2.05, 4.69) is 13.8 Å². The molecule has 0 fully saturated rings. The van der Waals surface area contributed by atoms with Crippen LogP contribution in [0.2, 0.25) is 0 Å². The van der Waals surface area contributed by atoms with E-state index in [1.807, 2.05) is 0 Å². The van der Waals surface area contributed by atoms with E-state index in [1.165, 1.54) is 51.4 Å². The predicted molar refractivity (Wildman–Crippen MR) is 111 cm³/mol. The summed E-state index contributed by atoms with van der Waals surface area (Å²) in [5.74, 6) is 0. The lowest BCUT2D eigenvalue weighted by atomic mass is 10.1. The number of aliphatic hydroxyl groups excluding tert-OH is 4. The second-order valence-corrected chi connectivity index (χ2v) is 7.45. The van der Waals surface area contributed by atoms with Crippen molar-refractivity contribution in [1.82, 2.24) is 0 Å². The van der Waals surface area contributed by atoms with Gasteiger partial charge in [-0.15, -0.1) is 0 Å². The second-order valence-electron chi connectivity index (χ2n) is 7.45. The van der Waals surface area contributed by atoms with Crippen molar-refractivity contribution in [3.8, 4) is 0 Å². The van der Waals surface area contributed by atoms with Crippen molar-refractivity contribution < 1.29 is 20.4 Å². The van der Waals surface area contributed by atoms with Gasteiger partial charge < -0.3 is 20.4 Å². The fourth-order valence-electron chi connectivity index (χ4n) is 2.91. The minimum atomic E-state index is -0.186. The average Bonchev–Trinajstić information content (AvgIpc) is 2.65. The largest absolute Gasteiger partial charge is 0.396 e. The normalized spacial score (nSPS) is 13.2. The molecule has 0 spiro atoms. The third-order valence-corrected chi connectivity index (χ3v) is 4.67. The summed E-state index contributed by atoms with van der Waals surface area (Å²) in [5, 5.41) is 35.9. The Morgan fingerprint density at radius 3 is 1.08 bits per heavy atom. The molecular weight excluding hydrogens is 328 g/mol. The number of unbranched alkanes of at least 4 members (excludes halogenated alkanes) is 8. The molecule has 160 valence electrons. The number of aliphatic hydroxyl groups is 4. The van der Waals surface area contributed by atoms with Gasteiger partial charge in [-0.1, -0.05) is 78.1 Å². The molecule has 4 nitrogen and oxygen atoms in total. The maximum absolute atomic E-state index is 9.43. The minimum Gasteiger partial charge on any atom is -0.396 e. The van der Waals surface area contributed by atoms with E-state index in [4.69, 9.17) is 10.2 Å². The first-order valence-electron chi connectivity index (χ1n) is 11.2. The van der Waals surface area contributed by atoms with Gasteiger partial charge in [-0.25, -0.2) is 0 Å². The number of hydrogen-bond acceptors (Lipinski definition) is 4. The van der Waals surface area contributed by atoms with Gasteiger partial charge in [0.15, 0.2) is 0 Å². The van der Waals surface area contributed by atoms with Crippen molar-refractivity contribution in [2.75, 3.05) is 13.2 Å². The van der Waals surface area contributed by atoms with Crippen molar-refractivity contribution in [1.29, 1.82) is 0 Å². The van der Waals surface area contributed by atoms with Crippen molar-refractivity contribution in [2.24, 2.45) is 0 Å². The smallest absolute Gasteiger partial charge is 0.0541 e. The molecule has 0 saturated carbocycles. The van der Waals surface area contributed by atoms with Crippen molar-refractivity contribution in [3.63, 3.8) is 0 Å². The highest BCUT2D eigenvalue weighted by Crippen LogP contribution is 2.10. The Kier molecular flexibility index (Phi) is 26.8. The van der Waals surface area contributed by atoms with Crippen molar-refractivity contribution in [3.05, 3.63) is 0 Å². The van der Waals surface area contributed by atoms with Gasteiger partial charge in [-0.2, -0.15) is 0 Å². The molecule has 0 aliphatic heterocycles. The van der Waals surface area contributed by atoms with Gasteiger partial charge in [0, 0.05) is 13.2 Å². The van der Waals surface area contributed by atoms with E-state index in [1.54, 1.807) is 0 Å². The Morgan fingerprint density at radius 2 is 0.769 bits per heavy atom. The van der Waals surface area contributed by atoms with Crippen molar-refractivity contribution in [2.45, 2.75) is 129 Å². The van der Waals surface area contributed by atoms with Gasteiger partial charge in [0.1, 0.15) is 0 Å². The Bertz CT molecular complexity index is 212. The van der Waals surface area contributed by atoms with Crippen LogP contribution in [0.1, 0.15) is 117 Å². The summed E-state index contributed by atoms with van der Waals surface area (Å²) >= 11 is 0. The molecule has 0 rings (SSSR count). The Hall–Kier alpha value is -0.160. The molecule has 0 aromatic rings. The molecule has 0 radical (unpaired) electrons. The molecular formula is C22H48O4. The van der Waals surface area contributed by atoms with Crippen LogP contribution in [0.15, 0.2) is 0 Å². The highest BCUT2D eigenvalue weighted by atomic mass is 16.3. The summed E-state index contributed by atoms with van der Waals surface area (Å²) in [6, 6.07) is 0. The van der Waals surface area contributed by atoms with Crippen LogP contribution in [0.5, 0.6) is 0 Å². The zero-order valence-corrected chi connectivity index (χ0v) is 17.7. The molecule has 26 heavy (non-hydrogen) atoms. The lowest BCUT2D eigenvalue weighted by Gasteiger charge is -2.08. The van der Waals surface area contributed by atoms with E-state index in [0.717, 1.165) is 51.4 Å². The molecule has 2 unspecified atom stereocenters. The lowest BCUT2D eigenvalue weighted by molar-refractivity contribution is 0.137. The predicted octanol–water partition coefficient (Wildman–Crippen LogP) is 4.96. The molecule has 0 aliphatic carbocycles. The average molecular weight is 377 g/mol. The first kappa shape index (κ1) is 28.1. The van der Waals surface area contributed by atoms with E-state index in [-0.39, 0.29) is 25.4 Å². The van der Waals surface area contributed by atoms with Crippen LogP contribution in [0, 0.1) is 0 Å². The number of hydrogen-bond donors (Lipinski definition) is 4. The minimum absolute atomic E-state index is 0.186. The quantitative estimate of drug-likeness (QED) is 0.255. The summed E-state index contributed by atoms with van der Waals surface area (Å²) < 4.78 is 0. The van der Waals surface area contributed by atoms with E-state index in [9.17, 15) is 10.2 Å². The molecule has 0 bridgehead atoms. The molecule has 4 heteroatoms. The maximum atomic E-state index is 9.43. The maximum Gasteiger partial charge on any atom is 0.0541 e. The molecule has 0 amide bonds. The topological polar surface area (TPSA) is 80.9 Å². The zero-order chi connectivity index (χ0) is 19.9. The van der Waals surface area contributed by atoms with Gasteiger partial charge in [-0.05, 0) is 38.5 Å². The van der Waals surface area contributed by atoms with E-state index in [0.29, 0.717) is 0 Å². The highest BCUT2D eigenvalue weighted by Gasteiger charge is 2.03. The first-order valence-corrected chi connectivity index (χ1v) is 11.2. The summed E-state index contributed by atoms with van der Waals surface area (Å²) in [7, 11) is 0. The summed E-state index contributed by atoms with van der Waals surface area (Å²) in [6.07, 6.45) is 16.9. The van der Waals surface area contributed by atoms with Crippen LogP contribution >= 0.6 is 0 Å². The lowest BCUT2D eigenvalue weighted by Crippen LogP contribution is -2.06. The molecule has 0 aromatic heterocycles. The highest BCUT2D eigenvalue weighted by molar-refractivity contribution is 4.56. The summed E-state index contributed by atoms with van der Waals surface area (Å²) in [6.45, 7) is 4.81. The van der Waals surface area contributed by atoms with Gasteiger partial charge in [0.05, 0.1) is 12.2 Å². The fourth-order valence-corrected chi connectivity index (χ4v) is 2.91. The first-order chi connectivity index (χ1) is 12.6. The van der Waals surface area contributed by atoms with Crippen LogP contribution in [-0.2, 0) is 0 Å². The van der Waals surface area contributed by atoms with Crippen LogP contribution < -0.4 is 0 Å². The molecule has 0 aromatic carbocycles. The van der Waals surface area contributed by atoms with Crippen LogP contribution in [0.25, 0.3) is 0 Å². The monoisotopic (exact) mass is 376 g/mol. The Labute approximate surface area is 163 Å². The molecule has 0 heterocycles. The molecule has 2 atom stereocenters. The van der Waals surface area contributed by atoms with Crippen LogP contribution in [0.4, 0.5) is 0 Å². The zero-order valence-electron chi connectivity index (χ0n) is 17.7. The molecule has 0 aliphatic rings. The summed E-state index contributed by atoms with van der Waals surface area (Å²) in [4.78, 5) is 0. The molecule has 0 saturated heterocycles. The number of rotatable bonds is 18. The van der Waals surface area contributed by atoms with Gasteiger partial charge in [0.2, 0.25) is 0 Å². The molecule has 4 N–H and O–H groups in total. The van der Waals surface area contributed by atoms with Crippen LogP contribution in [0.3, 0.4) is 0 Å². The van der Waals surface area contributed by atoms with Crippen molar-refractivity contribution >= 4 is 0 Å². The third-order valence-electron chi connectivity index (χ3n) is 4.67. The van der Waals surface area contributed by atoms with E-state index >= 15 is 0 Å². The fraction of sp³-hybridized carbons (Fsp3) is 1.00. The van der Waals surface area contributed by atoms with E-state index < -0.39 is 0 Å². The SMILES string of the molecule is CCCCCCCC(O)CCCO.CCCCCCCC(O)CCCO. The summed E-state index contributed by atoms with van der Waals surface area (Å²) in [5.41, 5.74) is 0.